The van der Waals surface area contributed by atoms with Gasteiger partial charge in [0, 0.05) is 11.0 Å². The van der Waals surface area contributed by atoms with Crippen molar-refractivity contribution in [2.45, 2.75) is 19.4 Å². The molecule has 130 valence electrons. The molecule has 1 aliphatic carbocycles. The fraction of sp³-hybridized carbons (Fsp3) is 0.300. The molecule has 1 aliphatic heterocycles. The van der Waals surface area contributed by atoms with Gasteiger partial charge in [-0.25, -0.2) is 9.59 Å². The van der Waals surface area contributed by atoms with Crippen LogP contribution in [0.25, 0.3) is 0 Å². The van der Waals surface area contributed by atoms with E-state index in [0.29, 0.717) is 24.3 Å². The summed E-state index contributed by atoms with van der Waals surface area (Å²) in [5.74, 6) is -0.508. The van der Waals surface area contributed by atoms with E-state index in [1.54, 1.807) is 30.3 Å². The molecule has 5 nitrogen and oxygen atoms in total. The monoisotopic (exact) mass is 340 g/mol. The largest absolute Gasteiger partial charge is 0.461 e. The number of cyclic esters (lactones) is 1. The van der Waals surface area contributed by atoms with Crippen molar-refractivity contribution >= 4 is 11.9 Å². The molecule has 25 heavy (non-hydrogen) atoms. The van der Waals surface area contributed by atoms with Crippen molar-refractivity contribution in [3.05, 3.63) is 71.3 Å². The van der Waals surface area contributed by atoms with Crippen LogP contribution in [0.1, 0.15) is 39.1 Å². The first kappa shape index (κ1) is 17.2. The molecular formula is C20H20O5. The summed E-state index contributed by atoms with van der Waals surface area (Å²) in [6.07, 6.45) is 1.90. The number of ether oxygens (including phenoxy) is 2. The molecule has 2 aromatic rings. The average molecular weight is 340 g/mol. The Labute approximate surface area is 146 Å². The molecule has 0 aromatic heterocycles. The number of aliphatic hydroxyl groups is 1. The van der Waals surface area contributed by atoms with Crippen molar-refractivity contribution in [2.24, 2.45) is 5.41 Å². The SMILES string of the molecule is O=C(OCC1(CO)CC1)c1ccccc1.O=C1OCc2ccccc21. The minimum atomic E-state index is -0.310. The Morgan fingerprint density at radius 2 is 1.76 bits per heavy atom. The Morgan fingerprint density at radius 1 is 1.08 bits per heavy atom. The van der Waals surface area contributed by atoms with E-state index in [-0.39, 0.29) is 24.0 Å². The second-order valence-electron chi connectivity index (χ2n) is 6.33. The highest BCUT2D eigenvalue weighted by Crippen LogP contribution is 2.45. The van der Waals surface area contributed by atoms with Crippen LogP contribution >= 0.6 is 0 Å². The molecule has 0 atom stereocenters. The first-order valence-electron chi connectivity index (χ1n) is 8.22. The van der Waals surface area contributed by atoms with Gasteiger partial charge in [0.25, 0.3) is 0 Å². The van der Waals surface area contributed by atoms with E-state index in [9.17, 15) is 9.59 Å². The van der Waals surface area contributed by atoms with Crippen LogP contribution < -0.4 is 0 Å². The number of carbonyl (C=O) groups excluding carboxylic acids is 2. The van der Waals surface area contributed by atoms with E-state index in [1.165, 1.54) is 0 Å². The van der Waals surface area contributed by atoms with E-state index >= 15 is 0 Å². The number of aliphatic hydroxyl groups excluding tert-OH is 1. The van der Waals surface area contributed by atoms with Crippen molar-refractivity contribution < 1.29 is 24.2 Å². The number of carbonyl (C=O) groups is 2. The summed E-state index contributed by atoms with van der Waals surface area (Å²) in [4.78, 5) is 22.4. The van der Waals surface area contributed by atoms with Gasteiger partial charge in [-0.1, -0.05) is 36.4 Å². The number of fused-ring (bicyclic) bond motifs is 1. The van der Waals surface area contributed by atoms with Crippen molar-refractivity contribution in [1.29, 1.82) is 0 Å². The van der Waals surface area contributed by atoms with Crippen molar-refractivity contribution in [3.63, 3.8) is 0 Å². The second-order valence-corrected chi connectivity index (χ2v) is 6.33. The van der Waals surface area contributed by atoms with Crippen molar-refractivity contribution in [3.8, 4) is 0 Å². The van der Waals surface area contributed by atoms with Crippen LogP contribution in [-0.4, -0.2) is 30.3 Å². The average Bonchev–Trinajstić information content (AvgIpc) is 3.37. The third-order valence-corrected chi connectivity index (χ3v) is 4.41. The van der Waals surface area contributed by atoms with Gasteiger partial charge in [0.1, 0.15) is 6.61 Å². The van der Waals surface area contributed by atoms with Gasteiger partial charge in [-0.2, -0.15) is 0 Å². The summed E-state index contributed by atoms with van der Waals surface area (Å²) in [5, 5.41) is 9.05. The standard InChI is InChI=1S/C12H14O3.C8H6O2/c13-8-12(6-7-12)9-15-11(14)10-4-2-1-3-5-10;9-8-7-4-2-1-3-6(7)5-10-8/h1-5,13H,6-9H2;1-4H,5H2. The zero-order chi connectivity index (χ0) is 17.7. The highest BCUT2D eigenvalue weighted by atomic mass is 16.5. The van der Waals surface area contributed by atoms with E-state index < -0.39 is 0 Å². The lowest BCUT2D eigenvalue weighted by Gasteiger charge is -2.11. The summed E-state index contributed by atoms with van der Waals surface area (Å²) in [6, 6.07) is 16.3. The van der Waals surface area contributed by atoms with Crippen LogP contribution in [0.5, 0.6) is 0 Å². The number of esters is 2. The van der Waals surface area contributed by atoms with Gasteiger partial charge in [0.2, 0.25) is 0 Å². The van der Waals surface area contributed by atoms with Crippen molar-refractivity contribution in [1.82, 2.24) is 0 Å². The predicted molar refractivity (Wildman–Crippen MR) is 91.0 cm³/mol. The topological polar surface area (TPSA) is 72.8 Å². The lowest BCUT2D eigenvalue weighted by molar-refractivity contribution is 0.0350. The Bertz CT molecular complexity index is 750. The Balaban J connectivity index is 0.000000157. The van der Waals surface area contributed by atoms with Crippen LogP contribution in [0.2, 0.25) is 0 Å². The maximum Gasteiger partial charge on any atom is 0.338 e. The minimum Gasteiger partial charge on any atom is -0.461 e. The molecule has 1 saturated carbocycles. The van der Waals surface area contributed by atoms with Gasteiger partial charge < -0.3 is 14.6 Å². The number of hydrogen-bond acceptors (Lipinski definition) is 5. The lowest BCUT2D eigenvalue weighted by Crippen LogP contribution is -2.18. The van der Waals surface area contributed by atoms with E-state index in [0.717, 1.165) is 18.4 Å². The first-order chi connectivity index (χ1) is 12.1. The Kier molecular flexibility index (Phi) is 5.14. The molecule has 1 fully saturated rings. The van der Waals surface area contributed by atoms with E-state index in [4.69, 9.17) is 14.6 Å². The van der Waals surface area contributed by atoms with E-state index in [2.05, 4.69) is 0 Å². The van der Waals surface area contributed by atoms with Gasteiger partial charge in [-0.05, 0) is 31.0 Å². The number of hydrogen-bond donors (Lipinski definition) is 1. The normalized spacial score (nSPS) is 16.1. The van der Waals surface area contributed by atoms with Crippen LogP contribution in [0.15, 0.2) is 54.6 Å². The van der Waals surface area contributed by atoms with Crippen LogP contribution in [0.4, 0.5) is 0 Å². The third kappa shape index (κ3) is 4.25. The van der Waals surface area contributed by atoms with Gasteiger partial charge >= 0.3 is 11.9 Å². The molecule has 1 heterocycles. The van der Waals surface area contributed by atoms with Crippen LogP contribution in [-0.2, 0) is 16.1 Å². The summed E-state index contributed by atoms with van der Waals surface area (Å²) >= 11 is 0. The fourth-order valence-corrected chi connectivity index (χ4v) is 2.47. The minimum absolute atomic E-state index is 0.106. The summed E-state index contributed by atoms with van der Waals surface area (Å²) in [6.45, 7) is 0.876. The molecule has 5 heteroatoms. The first-order valence-corrected chi connectivity index (χ1v) is 8.22. The van der Waals surface area contributed by atoms with Gasteiger partial charge in [0.05, 0.1) is 24.3 Å². The molecule has 0 saturated heterocycles. The molecule has 2 aliphatic rings. The van der Waals surface area contributed by atoms with Gasteiger partial charge in [-0.3, -0.25) is 0 Å². The maximum absolute atomic E-state index is 11.5. The molecule has 0 bridgehead atoms. The Morgan fingerprint density at radius 3 is 2.40 bits per heavy atom. The second kappa shape index (κ2) is 7.49. The highest BCUT2D eigenvalue weighted by molar-refractivity contribution is 5.93. The smallest absolute Gasteiger partial charge is 0.338 e. The quantitative estimate of drug-likeness (QED) is 0.866. The molecule has 4 rings (SSSR count). The molecule has 0 spiro atoms. The predicted octanol–water partition coefficient (Wildman–Crippen LogP) is 2.97. The molecule has 1 N–H and O–H groups in total. The van der Waals surface area contributed by atoms with Gasteiger partial charge in [0.15, 0.2) is 0 Å². The Hall–Kier alpha value is -2.66. The summed E-state index contributed by atoms with van der Waals surface area (Å²) in [5.41, 5.74) is 2.13. The van der Waals surface area contributed by atoms with Crippen molar-refractivity contribution in [2.75, 3.05) is 13.2 Å². The molecule has 0 radical (unpaired) electrons. The maximum atomic E-state index is 11.5. The van der Waals surface area contributed by atoms with Gasteiger partial charge in [-0.15, -0.1) is 0 Å². The molecule has 0 amide bonds. The summed E-state index contributed by atoms with van der Waals surface area (Å²) < 4.78 is 9.93. The third-order valence-electron chi connectivity index (χ3n) is 4.41. The molecule has 0 unspecified atom stereocenters. The zero-order valence-corrected chi connectivity index (χ0v) is 13.8. The number of rotatable bonds is 4. The van der Waals surface area contributed by atoms with Crippen LogP contribution in [0, 0.1) is 5.41 Å². The van der Waals surface area contributed by atoms with E-state index in [1.807, 2.05) is 24.3 Å². The van der Waals surface area contributed by atoms with Crippen LogP contribution in [0.3, 0.4) is 0 Å². The fourth-order valence-electron chi connectivity index (χ4n) is 2.47. The lowest BCUT2D eigenvalue weighted by atomic mass is 10.1. The zero-order valence-electron chi connectivity index (χ0n) is 13.8. The molecular weight excluding hydrogens is 320 g/mol. The summed E-state index contributed by atoms with van der Waals surface area (Å²) in [7, 11) is 0. The highest BCUT2D eigenvalue weighted by Gasteiger charge is 2.43. The molecule has 2 aromatic carbocycles. The number of benzene rings is 2.